The SMILES string of the molecule is c1ccc(-c2cn([C@H]3CO[C@H]4[C@@H]3OC[C@@H]4NCC3CCCCC3)nn2)nc1. The van der Waals surface area contributed by atoms with Crippen LogP contribution in [0, 0.1) is 5.92 Å². The largest absolute Gasteiger partial charge is 0.371 e. The van der Waals surface area contributed by atoms with Gasteiger partial charge in [0.1, 0.15) is 23.9 Å². The van der Waals surface area contributed by atoms with Crippen LogP contribution in [0.15, 0.2) is 30.6 Å². The number of pyridine rings is 1. The lowest BCUT2D eigenvalue weighted by molar-refractivity contribution is 0.0618. The molecule has 7 heteroatoms. The lowest BCUT2D eigenvalue weighted by Gasteiger charge is -2.25. The zero-order valence-electron chi connectivity index (χ0n) is 15.5. The van der Waals surface area contributed by atoms with Crippen LogP contribution >= 0.6 is 0 Å². The second-order valence-electron chi connectivity index (χ2n) is 7.98. The molecule has 0 radical (unpaired) electrons. The molecule has 1 saturated carbocycles. The van der Waals surface area contributed by atoms with E-state index in [1.807, 2.05) is 29.1 Å². The quantitative estimate of drug-likeness (QED) is 0.871. The molecule has 2 saturated heterocycles. The van der Waals surface area contributed by atoms with Crippen LogP contribution in [-0.2, 0) is 9.47 Å². The summed E-state index contributed by atoms with van der Waals surface area (Å²) in [6.45, 7) is 2.40. The van der Waals surface area contributed by atoms with Crippen LogP contribution < -0.4 is 5.32 Å². The third-order valence-electron chi connectivity index (χ3n) is 6.20. The molecule has 0 spiro atoms. The molecule has 0 amide bonds. The highest BCUT2D eigenvalue weighted by atomic mass is 16.6. The zero-order chi connectivity index (χ0) is 18.1. The van der Waals surface area contributed by atoms with Gasteiger partial charge in [0.2, 0.25) is 0 Å². The van der Waals surface area contributed by atoms with Crippen LogP contribution in [0.3, 0.4) is 0 Å². The maximum atomic E-state index is 6.12. The number of nitrogens with zero attached hydrogens (tertiary/aromatic N) is 4. The molecular weight excluding hydrogens is 342 g/mol. The molecule has 2 aliphatic heterocycles. The Balaban J connectivity index is 1.22. The number of nitrogens with one attached hydrogen (secondary N) is 1. The Kier molecular flexibility index (Phi) is 4.90. The number of hydrogen-bond donors (Lipinski definition) is 1. The molecule has 2 aromatic rings. The Morgan fingerprint density at radius 1 is 1.04 bits per heavy atom. The number of ether oxygens (including phenoxy) is 2. The van der Waals surface area contributed by atoms with E-state index in [4.69, 9.17) is 9.47 Å². The first-order valence-corrected chi connectivity index (χ1v) is 10.2. The predicted octanol–water partition coefficient (Wildman–Crippen LogP) is 2.22. The Morgan fingerprint density at radius 3 is 2.78 bits per heavy atom. The van der Waals surface area contributed by atoms with Crippen molar-refractivity contribution in [3.63, 3.8) is 0 Å². The predicted molar refractivity (Wildman–Crippen MR) is 100 cm³/mol. The topological polar surface area (TPSA) is 74.1 Å². The molecule has 0 unspecified atom stereocenters. The highest BCUT2D eigenvalue weighted by molar-refractivity contribution is 5.51. The van der Waals surface area contributed by atoms with Gasteiger partial charge in [-0.05, 0) is 37.4 Å². The van der Waals surface area contributed by atoms with Gasteiger partial charge in [0.05, 0.1) is 31.1 Å². The van der Waals surface area contributed by atoms with Gasteiger partial charge in [-0.25, -0.2) is 4.68 Å². The maximum absolute atomic E-state index is 6.12. The van der Waals surface area contributed by atoms with E-state index in [-0.39, 0.29) is 24.3 Å². The summed E-state index contributed by atoms with van der Waals surface area (Å²) in [5.41, 5.74) is 1.61. The van der Waals surface area contributed by atoms with Crippen LogP contribution in [0.2, 0.25) is 0 Å². The first kappa shape index (κ1) is 17.3. The molecule has 3 aliphatic rings. The highest BCUT2D eigenvalue weighted by Gasteiger charge is 2.48. The Morgan fingerprint density at radius 2 is 1.93 bits per heavy atom. The van der Waals surface area contributed by atoms with Crippen molar-refractivity contribution in [2.75, 3.05) is 19.8 Å². The van der Waals surface area contributed by atoms with Gasteiger partial charge in [-0.3, -0.25) is 4.98 Å². The maximum Gasteiger partial charge on any atom is 0.131 e. The molecule has 4 atom stereocenters. The lowest BCUT2D eigenvalue weighted by atomic mass is 9.89. The van der Waals surface area contributed by atoms with Gasteiger partial charge >= 0.3 is 0 Å². The van der Waals surface area contributed by atoms with E-state index < -0.39 is 0 Å². The molecule has 27 heavy (non-hydrogen) atoms. The molecular formula is C20H27N5O2. The van der Waals surface area contributed by atoms with Crippen molar-refractivity contribution in [2.24, 2.45) is 5.92 Å². The molecule has 0 bridgehead atoms. The van der Waals surface area contributed by atoms with E-state index in [0.717, 1.165) is 23.9 Å². The number of rotatable bonds is 5. The van der Waals surface area contributed by atoms with Crippen molar-refractivity contribution < 1.29 is 9.47 Å². The smallest absolute Gasteiger partial charge is 0.131 e. The van der Waals surface area contributed by atoms with E-state index in [1.165, 1.54) is 32.1 Å². The summed E-state index contributed by atoms with van der Waals surface area (Å²) in [4.78, 5) is 4.35. The summed E-state index contributed by atoms with van der Waals surface area (Å²) in [6, 6.07) is 6.15. The molecule has 2 aromatic heterocycles. The van der Waals surface area contributed by atoms with Gasteiger partial charge < -0.3 is 14.8 Å². The first-order chi connectivity index (χ1) is 13.4. The van der Waals surface area contributed by atoms with E-state index >= 15 is 0 Å². The Bertz CT molecular complexity index is 746. The van der Waals surface area contributed by atoms with Crippen LogP contribution in [0.1, 0.15) is 38.1 Å². The number of fused-ring (bicyclic) bond motifs is 1. The molecule has 0 aromatic carbocycles. The fourth-order valence-corrected chi connectivity index (χ4v) is 4.66. The highest BCUT2D eigenvalue weighted by Crippen LogP contribution is 2.34. The van der Waals surface area contributed by atoms with E-state index in [9.17, 15) is 0 Å². The van der Waals surface area contributed by atoms with E-state index in [0.29, 0.717) is 13.2 Å². The van der Waals surface area contributed by atoms with Crippen molar-refractivity contribution in [3.05, 3.63) is 30.6 Å². The summed E-state index contributed by atoms with van der Waals surface area (Å²) < 4.78 is 14.1. The van der Waals surface area contributed by atoms with Gasteiger partial charge in [-0.2, -0.15) is 0 Å². The van der Waals surface area contributed by atoms with E-state index in [2.05, 4.69) is 20.6 Å². The van der Waals surface area contributed by atoms with Crippen LogP contribution in [-0.4, -0.2) is 58.0 Å². The van der Waals surface area contributed by atoms with Crippen molar-refractivity contribution in [3.8, 4) is 11.4 Å². The zero-order valence-corrected chi connectivity index (χ0v) is 15.5. The fraction of sp³-hybridized carbons (Fsp3) is 0.650. The minimum Gasteiger partial charge on any atom is -0.371 e. The molecule has 1 N–H and O–H groups in total. The molecule has 1 aliphatic carbocycles. The number of aromatic nitrogens is 4. The second kappa shape index (κ2) is 7.66. The Labute approximate surface area is 159 Å². The third-order valence-corrected chi connectivity index (χ3v) is 6.20. The Hall–Kier alpha value is -1.83. The fourth-order valence-electron chi connectivity index (χ4n) is 4.66. The van der Waals surface area contributed by atoms with Crippen LogP contribution in [0.5, 0.6) is 0 Å². The summed E-state index contributed by atoms with van der Waals surface area (Å²) in [5.74, 6) is 0.811. The van der Waals surface area contributed by atoms with Gasteiger partial charge in [0.25, 0.3) is 0 Å². The number of hydrogen-bond acceptors (Lipinski definition) is 6. The molecule has 3 fully saturated rings. The first-order valence-electron chi connectivity index (χ1n) is 10.2. The van der Waals surface area contributed by atoms with E-state index in [1.54, 1.807) is 6.20 Å². The average molecular weight is 369 g/mol. The van der Waals surface area contributed by atoms with Crippen molar-refractivity contribution in [2.45, 2.75) is 56.4 Å². The summed E-state index contributed by atoms with van der Waals surface area (Å²) in [7, 11) is 0. The van der Waals surface area contributed by atoms with Crippen LogP contribution in [0.25, 0.3) is 11.4 Å². The summed E-state index contributed by atoms with van der Waals surface area (Å²) in [5, 5.41) is 12.3. The monoisotopic (exact) mass is 369 g/mol. The minimum absolute atomic E-state index is 0.0344. The molecule has 144 valence electrons. The molecule has 7 nitrogen and oxygen atoms in total. The summed E-state index contributed by atoms with van der Waals surface area (Å²) >= 11 is 0. The third kappa shape index (κ3) is 3.51. The van der Waals surface area contributed by atoms with Crippen molar-refractivity contribution >= 4 is 0 Å². The average Bonchev–Trinajstić information content (AvgIpc) is 3.44. The normalized spacial score (nSPS) is 31.3. The standard InChI is InChI=1S/C20H27N5O2/c1-2-6-14(7-3-1)10-22-17-12-26-20-18(13-27-19(17)20)25-11-16(23-24-25)15-8-4-5-9-21-15/h4-5,8-9,11,14,17-20,22H,1-3,6-7,10,12-13H2/t17-,18-,19+,20+/m0/s1. The van der Waals surface area contributed by atoms with Crippen LogP contribution in [0.4, 0.5) is 0 Å². The summed E-state index contributed by atoms with van der Waals surface area (Å²) in [6.07, 6.45) is 10.7. The second-order valence-corrected chi connectivity index (χ2v) is 7.98. The van der Waals surface area contributed by atoms with Gasteiger partial charge in [0, 0.05) is 6.20 Å². The van der Waals surface area contributed by atoms with Crippen molar-refractivity contribution in [1.82, 2.24) is 25.3 Å². The molecule has 5 rings (SSSR count). The van der Waals surface area contributed by atoms with Crippen molar-refractivity contribution in [1.29, 1.82) is 0 Å². The van der Waals surface area contributed by atoms with Gasteiger partial charge in [-0.1, -0.05) is 30.5 Å². The van der Waals surface area contributed by atoms with Gasteiger partial charge in [0.15, 0.2) is 0 Å². The van der Waals surface area contributed by atoms with Gasteiger partial charge in [-0.15, -0.1) is 5.10 Å². The molecule has 4 heterocycles. The minimum atomic E-state index is 0.0344. The lowest BCUT2D eigenvalue weighted by Crippen LogP contribution is -2.43.